The van der Waals surface area contributed by atoms with Crippen LogP contribution in [0.1, 0.15) is 20.1 Å². The second-order valence-electron chi connectivity index (χ2n) is 4.69. The first-order chi connectivity index (χ1) is 10.3. The third kappa shape index (κ3) is 3.08. The maximum absolute atomic E-state index is 13.9. The molecule has 0 radical (unpaired) electrons. The molecule has 1 aliphatic heterocycles. The summed E-state index contributed by atoms with van der Waals surface area (Å²) in [5.74, 6) is -1.61. The minimum Gasteiger partial charge on any atom is -0.450 e. The molecule has 1 aromatic heterocycles. The molecule has 10 heteroatoms. The number of carbonyl (C=O) groups excluding carboxylic acids is 1. The molecular formula is C12H16FN3O6. The molecule has 122 valence electrons. The summed E-state index contributed by atoms with van der Waals surface area (Å²) in [6, 6.07) is 0. The fourth-order valence-electron chi connectivity index (χ4n) is 2.04. The third-order valence-corrected chi connectivity index (χ3v) is 3.15. The zero-order valence-electron chi connectivity index (χ0n) is 11.9. The van der Waals surface area contributed by atoms with Crippen molar-refractivity contribution in [2.45, 2.75) is 38.4 Å². The largest absolute Gasteiger partial charge is 0.450 e. The van der Waals surface area contributed by atoms with Gasteiger partial charge >= 0.3 is 11.8 Å². The van der Waals surface area contributed by atoms with Crippen molar-refractivity contribution in [3.8, 4) is 0 Å². The van der Waals surface area contributed by atoms with E-state index in [0.29, 0.717) is 4.57 Å². The Morgan fingerprint density at radius 2 is 2.23 bits per heavy atom. The highest BCUT2D eigenvalue weighted by molar-refractivity contribution is 5.83. The highest BCUT2D eigenvalue weighted by atomic mass is 19.1. The maximum Gasteiger partial charge on any atom is 0.412 e. The Bertz CT molecular complexity index is 621. The van der Waals surface area contributed by atoms with Gasteiger partial charge in [0.25, 0.3) is 0 Å². The van der Waals surface area contributed by atoms with Crippen LogP contribution in [-0.4, -0.2) is 50.8 Å². The van der Waals surface area contributed by atoms with Gasteiger partial charge in [-0.25, -0.2) is 14.0 Å². The number of hydrogen-bond donors (Lipinski definition) is 3. The van der Waals surface area contributed by atoms with Gasteiger partial charge in [0.05, 0.1) is 18.9 Å². The molecular weight excluding hydrogens is 301 g/mol. The number of aliphatic hydroxyl groups is 2. The number of nitrogens with zero attached hydrogens (tertiary/aromatic N) is 2. The number of hydrogen-bond acceptors (Lipinski definition) is 7. The topological polar surface area (TPSA) is 123 Å². The predicted molar refractivity (Wildman–Crippen MR) is 70.7 cm³/mol. The molecule has 0 spiro atoms. The van der Waals surface area contributed by atoms with E-state index in [1.165, 1.54) is 6.92 Å². The van der Waals surface area contributed by atoms with Gasteiger partial charge in [0.15, 0.2) is 17.9 Å². The Morgan fingerprint density at radius 1 is 1.55 bits per heavy atom. The van der Waals surface area contributed by atoms with Gasteiger partial charge in [0.1, 0.15) is 12.2 Å². The first kappa shape index (κ1) is 16.3. The molecule has 1 amide bonds. The molecule has 22 heavy (non-hydrogen) atoms. The summed E-state index contributed by atoms with van der Waals surface area (Å²) in [5, 5.41) is 21.4. The van der Waals surface area contributed by atoms with Crippen molar-refractivity contribution in [2.75, 3.05) is 11.9 Å². The van der Waals surface area contributed by atoms with Gasteiger partial charge in [0, 0.05) is 0 Å². The minimum atomic E-state index is -1.40. The first-order valence-electron chi connectivity index (χ1n) is 6.59. The number of aliphatic hydroxyl groups excluding tert-OH is 2. The number of amides is 1. The van der Waals surface area contributed by atoms with Crippen LogP contribution >= 0.6 is 0 Å². The van der Waals surface area contributed by atoms with Gasteiger partial charge in [-0.2, -0.15) is 4.98 Å². The van der Waals surface area contributed by atoms with Crippen LogP contribution in [0.3, 0.4) is 0 Å². The van der Waals surface area contributed by atoms with Gasteiger partial charge in [0.2, 0.25) is 0 Å². The number of carbonyl (C=O) groups is 1. The molecule has 3 N–H and O–H groups in total. The van der Waals surface area contributed by atoms with Crippen LogP contribution in [0.5, 0.6) is 0 Å². The summed E-state index contributed by atoms with van der Waals surface area (Å²) in [7, 11) is 0. The van der Waals surface area contributed by atoms with Crippen molar-refractivity contribution in [3.05, 3.63) is 22.5 Å². The molecule has 4 atom stereocenters. The van der Waals surface area contributed by atoms with E-state index in [2.05, 4.69) is 9.72 Å². The van der Waals surface area contributed by atoms with Crippen molar-refractivity contribution in [1.29, 1.82) is 0 Å². The van der Waals surface area contributed by atoms with Gasteiger partial charge in [-0.1, -0.05) is 0 Å². The maximum atomic E-state index is 13.9. The third-order valence-electron chi connectivity index (χ3n) is 3.15. The van der Waals surface area contributed by atoms with Crippen molar-refractivity contribution >= 4 is 11.9 Å². The molecule has 1 fully saturated rings. The van der Waals surface area contributed by atoms with E-state index in [-0.39, 0.29) is 6.61 Å². The Morgan fingerprint density at radius 3 is 2.77 bits per heavy atom. The molecule has 2 heterocycles. The number of rotatable bonds is 3. The lowest BCUT2D eigenvalue weighted by molar-refractivity contribution is -0.0355. The summed E-state index contributed by atoms with van der Waals surface area (Å²) in [5.41, 5.74) is -0.960. The Balaban J connectivity index is 2.27. The molecule has 0 saturated carbocycles. The van der Waals surface area contributed by atoms with E-state index in [0.717, 1.165) is 6.20 Å². The van der Waals surface area contributed by atoms with E-state index in [1.807, 2.05) is 5.32 Å². The zero-order chi connectivity index (χ0) is 16.4. The number of ether oxygens (including phenoxy) is 2. The van der Waals surface area contributed by atoms with Crippen LogP contribution in [0.15, 0.2) is 11.0 Å². The van der Waals surface area contributed by atoms with Gasteiger partial charge in [-0.15, -0.1) is 0 Å². The van der Waals surface area contributed by atoms with Gasteiger partial charge < -0.3 is 19.7 Å². The number of halogens is 1. The second kappa shape index (κ2) is 6.38. The van der Waals surface area contributed by atoms with E-state index < -0.39 is 48.0 Å². The molecule has 9 nitrogen and oxygen atoms in total. The number of aromatic nitrogens is 2. The van der Waals surface area contributed by atoms with Crippen LogP contribution in [0.4, 0.5) is 15.0 Å². The Labute approximate surface area is 124 Å². The molecule has 0 aliphatic carbocycles. The number of anilines is 1. The highest BCUT2D eigenvalue weighted by Gasteiger charge is 2.42. The SMILES string of the molecule is CCOC(=O)Nc1nc(=O)n([C@@H]2O[C@H](C)[C@@H](O)[C@H]2O)cc1F. The van der Waals surface area contributed by atoms with Crippen LogP contribution in [0, 0.1) is 5.82 Å². The molecule has 1 aromatic rings. The summed E-state index contributed by atoms with van der Waals surface area (Å²) in [4.78, 5) is 26.5. The standard InChI is InChI=1S/C12H16FN3O6/c1-3-21-12(20)15-9-6(13)4-16(11(19)14-9)10-8(18)7(17)5(2)22-10/h4-5,7-8,10,17-18H,3H2,1-2H3,(H,14,15,19,20)/t5-,7-,8-,10-/m1/s1. The first-order valence-corrected chi connectivity index (χ1v) is 6.59. The van der Waals surface area contributed by atoms with Gasteiger partial charge in [-0.3, -0.25) is 9.88 Å². The average molecular weight is 317 g/mol. The fourth-order valence-corrected chi connectivity index (χ4v) is 2.04. The number of nitrogens with one attached hydrogen (secondary N) is 1. The van der Waals surface area contributed by atoms with Crippen LogP contribution in [0.25, 0.3) is 0 Å². The van der Waals surface area contributed by atoms with Crippen molar-refractivity contribution in [3.63, 3.8) is 0 Å². The van der Waals surface area contributed by atoms with Crippen molar-refractivity contribution < 1.29 is 28.9 Å². The smallest absolute Gasteiger partial charge is 0.412 e. The van der Waals surface area contributed by atoms with Crippen LogP contribution in [0.2, 0.25) is 0 Å². The van der Waals surface area contributed by atoms with E-state index >= 15 is 0 Å². The van der Waals surface area contributed by atoms with E-state index in [1.54, 1.807) is 6.92 Å². The Kier molecular flexibility index (Phi) is 4.74. The second-order valence-corrected chi connectivity index (χ2v) is 4.69. The van der Waals surface area contributed by atoms with Crippen LogP contribution < -0.4 is 11.0 Å². The molecule has 1 saturated heterocycles. The molecule has 2 rings (SSSR count). The molecule has 0 aromatic carbocycles. The highest BCUT2D eigenvalue weighted by Crippen LogP contribution is 2.28. The summed E-state index contributed by atoms with van der Waals surface area (Å²) in [6.07, 6.45) is -4.83. The summed E-state index contributed by atoms with van der Waals surface area (Å²) < 4.78 is 24.4. The predicted octanol–water partition coefficient (Wildman–Crippen LogP) is -0.410. The zero-order valence-corrected chi connectivity index (χ0v) is 11.9. The lowest BCUT2D eigenvalue weighted by atomic mass is 10.1. The summed E-state index contributed by atoms with van der Waals surface area (Å²) in [6.45, 7) is 3.13. The average Bonchev–Trinajstić information content (AvgIpc) is 2.70. The quantitative estimate of drug-likeness (QED) is 0.692. The van der Waals surface area contributed by atoms with Crippen molar-refractivity contribution in [2.24, 2.45) is 0 Å². The lowest BCUT2D eigenvalue weighted by Gasteiger charge is -2.17. The normalized spacial score (nSPS) is 27.7. The fraction of sp³-hybridized carbons (Fsp3) is 0.583. The molecule has 1 aliphatic rings. The van der Waals surface area contributed by atoms with Crippen LogP contribution in [-0.2, 0) is 9.47 Å². The van der Waals surface area contributed by atoms with Gasteiger partial charge in [-0.05, 0) is 13.8 Å². The summed E-state index contributed by atoms with van der Waals surface area (Å²) >= 11 is 0. The Hall–Kier alpha value is -2.04. The molecule has 0 bridgehead atoms. The minimum absolute atomic E-state index is 0.0718. The monoisotopic (exact) mass is 317 g/mol. The lowest BCUT2D eigenvalue weighted by Crippen LogP contribution is -2.36. The van der Waals surface area contributed by atoms with Crippen molar-refractivity contribution in [1.82, 2.24) is 9.55 Å². The van der Waals surface area contributed by atoms with E-state index in [9.17, 15) is 24.2 Å². The van der Waals surface area contributed by atoms with E-state index in [4.69, 9.17) is 4.74 Å². The molecule has 0 unspecified atom stereocenters.